The number of hydrogen-bond acceptors (Lipinski definition) is 2. The van der Waals surface area contributed by atoms with Gasteiger partial charge in [-0.3, -0.25) is 9.59 Å². The lowest BCUT2D eigenvalue weighted by Gasteiger charge is -2.13. The van der Waals surface area contributed by atoms with E-state index in [4.69, 9.17) is 0 Å². The normalized spacial score (nSPS) is 11.6. The Balaban J connectivity index is 1.87. The minimum atomic E-state index is -0.645. The molecule has 0 aliphatic carbocycles. The minimum absolute atomic E-state index is 0.148. The van der Waals surface area contributed by atoms with Crippen molar-refractivity contribution in [3.05, 3.63) is 65.2 Å². The fourth-order valence-corrected chi connectivity index (χ4v) is 2.23. The zero-order valence-electron chi connectivity index (χ0n) is 13.7. The van der Waals surface area contributed by atoms with Crippen molar-refractivity contribution < 1.29 is 9.59 Å². The fraction of sp³-hybridized carbons (Fsp3) is 0.263. The third-order valence-electron chi connectivity index (χ3n) is 3.91. The van der Waals surface area contributed by atoms with E-state index in [-0.39, 0.29) is 5.92 Å². The van der Waals surface area contributed by atoms with E-state index in [2.05, 4.69) is 10.6 Å². The van der Waals surface area contributed by atoms with Crippen molar-refractivity contribution in [1.82, 2.24) is 5.32 Å². The molecule has 0 aromatic heterocycles. The summed E-state index contributed by atoms with van der Waals surface area (Å²) in [7, 11) is 0. The summed E-state index contributed by atoms with van der Waals surface area (Å²) in [5, 5.41) is 5.30. The molecule has 2 rings (SSSR count). The zero-order chi connectivity index (χ0) is 16.8. The van der Waals surface area contributed by atoms with Crippen molar-refractivity contribution in [1.29, 1.82) is 0 Å². The average molecular weight is 310 g/mol. The van der Waals surface area contributed by atoms with Gasteiger partial charge in [-0.25, -0.2) is 0 Å². The van der Waals surface area contributed by atoms with Gasteiger partial charge in [0.2, 0.25) is 0 Å². The SMILES string of the molecule is Cc1ccc(NC(=O)C(=O)NCC(C)c2ccccc2)cc1C. The number of hydrogen-bond donors (Lipinski definition) is 2. The molecule has 0 aliphatic rings. The number of nitrogens with one attached hydrogen (secondary N) is 2. The molecule has 23 heavy (non-hydrogen) atoms. The molecule has 4 heteroatoms. The zero-order valence-corrected chi connectivity index (χ0v) is 13.7. The minimum Gasteiger partial charge on any atom is -0.347 e. The molecule has 2 amide bonds. The summed E-state index contributed by atoms with van der Waals surface area (Å²) >= 11 is 0. The number of benzene rings is 2. The predicted octanol–water partition coefficient (Wildman–Crippen LogP) is 3.16. The van der Waals surface area contributed by atoms with E-state index in [0.717, 1.165) is 16.7 Å². The highest BCUT2D eigenvalue weighted by molar-refractivity contribution is 6.39. The molecule has 0 fully saturated rings. The molecule has 0 radical (unpaired) electrons. The van der Waals surface area contributed by atoms with Gasteiger partial charge in [-0.1, -0.05) is 43.3 Å². The van der Waals surface area contributed by atoms with Crippen molar-refractivity contribution in [2.75, 3.05) is 11.9 Å². The third-order valence-corrected chi connectivity index (χ3v) is 3.91. The summed E-state index contributed by atoms with van der Waals surface area (Å²) in [6, 6.07) is 15.4. The van der Waals surface area contributed by atoms with Gasteiger partial charge in [0.05, 0.1) is 0 Å². The quantitative estimate of drug-likeness (QED) is 0.852. The summed E-state index contributed by atoms with van der Waals surface area (Å²) < 4.78 is 0. The van der Waals surface area contributed by atoms with Crippen LogP contribution in [0.3, 0.4) is 0 Å². The summed E-state index contributed by atoms with van der Waals surface area (Å²) in [6.45, 7) is 6.39. The Labute approximate surface area is 136 Å². The maximum absolute atomic E-state index is 11.9. The lowest BCUT2D eigenvalue weighted by atomic mass is 10.0. The molecule has 0 spiro atoms. The van der Waals surface area contributed by atoms with Gasteiger partial charge >= 0.3 is 11.8 Å². The van der Waals surface area contributed by atoms with Crippen molar-refractivity contribution in [3.8, 4) is 0 Å². The van der Waals surface area contributed by atoms with Crippen molar-refractivity contribution in [2.24, 2.45) is 0 Å². The summed E-state index contributed by atoms with van der Waals surface area (Å²) in [5.41, 5.74) is 3.97. The molecule has 120 valence electrons. The van der Waals surface area contributed by atoms with Crippen molar-refractivity contribution >= 4 is 17.5 Å². The molecule has 1 unspecified atom stereocenters. The van der Waals surface area contributed by atoms with Gasteiger partial charge in [-0.15, -0.1) is 0 Å². The maximum atomic E-state index is 11.9. The van der Waals surface area contributed by atoms with E-state index in [1.807, 2.05) is 63.2 Å². The van der Waals surface area contributed by atoms with Crippen LogP contribution in [-0.4, -0.2) is 18.4 Å². The van der Waals surface area contributed by atoms with Crippen LogP contribution in [0.1, 0.15) is 29.5 Å². The van der Waals surface area contributed by atoms with Crippen LogP contribution in [0.25, 0.3) is 0 Å². The van der Waals surface area contributed by atoms with Crippen LogP contribution in [0.2, 0.25) is 0 Å². The highest BCUT2D eigenvalue weighted by Crippen LogP contribution is 2.14. The van der Waals surface area contributed by atoms with E-state index >= 15 is 0 Å². The Kier molecular flexibility index (Phi) is 5.52. The number of carbonyl (C=O) groups is 2. The molecule has 0 aliphatic heterocycles. The monoisotopic (exact) mass is 310 g/mol. The van der Waals surface area contributed by atoms with E-state index in [9.17, 15) is 9.59 Å². The molecule has 2 aromatic carbocycles. The Bertz CT molecular complexity index is 696. The Morgan fingerprint density at radius 2 is 1.65 bits per heavy atom. The Hall–Kier alpha value is -2.62. The molecule has 0 saturated heterocycles. The topological polar surface area (TPSA) is 58.2 Å². The van der Waals surface area contributed by atoms with Crippen LogP contribution in [0.5, 0.6) is 0 Å². The maximum Gasteiger partial charge on any atom is 0.313 e. The fourth-order valence-electron chi connectivity index (χ4n) is 2.23. The Morgan fingerprint density at radius 3 is 2.30 bits per heavy atom. The van der Waals surface area contributed by atoms with Crippen LogP contribution in [0.15, 0.2) is 48.5 Å². The second kappa shape index (κ2) is 7.58. The largest absolute Gasteiger partial charge is 0.347 e. The first-order valence-electron chi connectivity index (χ1n) is 7.68. The Morgan fingerprint density at radius 1 is 0.957 bits per heavy atom. The van der Waals surface area contributed by atoms with Crippen LogP contribution in [0.4, 0.5) is 5.69 Å². The molecule has 1 atom stereocenters. The molecule has 0 heterocycles. The van der Waals surface area contributed by atoms with E-state index in [1.165, 1.54) is 0 Å². The van der Waals surface area contributed by atoms with Gasteiger partial charge < -0.3 is 10.6 Å². The summed E-state index contributed by atoms with van der Waals surface area (Å²) in [5.74, 6) is -1.12. The highest BCUT2D eigenvalue weighted by Gasteiger charge is 2.15. The molecule has 4 nitrogen and oxygen atoms in total. The molecule has 2 N–H and O–H groups in total. The molecule has 0 bridgehead atoms. The number of amides is 2. The summed E-state index contributed by atoms with van der Waals surface area (Å²) in [4.78, 5) is 23.8. The van der Waals surface area contributed by atoms with Crippen LogP contribution >= 0.6 is 0 Å². The van der Waals surface area contributed by atoms with Crippen LogP contribution < -0.4 is 10.6 Å². The van der Waals surface area contributed by atoms with Gasteiger partial charge in [-0.2, -0.15) is 0 Å². The van der Waals surface area contributed by atoms with Gasteiger partial charge in [0.25, 0.3) is 0 Å². The summed E-state index contributed by atoms with van der Waals surface area (Å²) in [6.07, 6.45) is 0. The molecular weight excluding hydrogens is 288 g/mol. The van der Waals surface area contributed by atoms with Gasteiger partial charge in [-0.05, 0) is 48.6 Å². The van der Waals surface area contributed by atoms with E-state index in [1.54, 1.807) is 6.07 Å². The second-order valence-corrected chi connectivity index (χ2v) is 5.77. The smallest absolute Gasteiger partial charge is 0.313 e. The highest BCUT2D eigenvalue weighted by atomic mass is 16.2. The number of aryl methyl sites for hydroxylation is 2. The third kappa shape index (κ3) is 4.68. The first kappa shape index (κ1) is 16.7. The van der Waals surface area contributed by atoms with Crippen molar-refractivity contribution in [3.63, 3.8) is 0 Å². The number of anilines is 1. The first-order valence-corrected chi connectivity index (χ1v) is 7.68. The van der Waals surface area contributed by atoms with E-state index < -0.39 is 11.8 Å². The molecule has 0 saturated carbocycles. The van der Waals surface area contributed by atoms with Crippen LogP contribution in [-0.2, 0) is 9.59 Å². The number of carbonyl (C=O) groups excluding carboxylic acids is 2. The second-order valence-electron chi connectivity index (χ2n) is 5.77. The lowest BCUT2D eigenvalue weighted by Crippen LogP contribution is -2.37. The average Bonchev–Trinajstić information content (AvgIpc) is 2.56. The molecule has 2 aromatic rings. The van der Waals surface area contributed by atoms with Gasteiger partial charge in [0.1, 0.15) is 0 Å². The van der Waals surface area contributed by atoms with Gasteiger partial charge in [0.15, 0.2) is 0 Å². The van der Waals surface area contributed by atoms with Crippen molar-refractivity contribution in [2.45, 2.75) is 26.7 Å². The standard InChI is InChI=1S/C19H22N2O2/c1-13-9-10-17(11-14(13)2)21-19(23)18(22)20-12-15(3)16-7-5-4-6-8-16/h4-11,15H,12H2,1-3H3,(H,20,22)(H,21,23). The predicted molar refractivity (Wildman–Crippen MR) is 92.4 cm³/mol. The van der Waals surface area contributed by atoms with Gasteiger partial charge in [0, 0.05) is 12.2 Å². The first-order chi connectivity index (χ1) is 11.0. The van der Waals surface area contributed by atoms with E-state index in [0.29, 0.717) is 12.2 Å². The number of rotatable bonds is 4. The molecular formula is C19H22N2O2. The lowest BCUT2D eigenvalue weighted by molar-refractivity contribution is -0.136. The van der Waals surface area contributed by atoms with Crippen LogP contribution in [0, 0.1) is 13.8 Å².